The van der Waals surface area contributed by atoms with Crippen molar-refractivity contribution in [2.45, 2.75) is 50.5 Å². The van der Waals surface area contributed by atoms with E-state index in [-0.39, 0.29) is 0 Å². The third kappa shape index (κ3) is 3.49. The summed E-state index contributed by atoms with van der Waals surface area (Å²) in [5, 5.41) is 8.41. The molecule has 4 aromatic rings. The van der Waals surface area contributed by atoms with Crippen molar-refractivity contribution < 1.29 is 0 Å². The molecule has 170 valence electrons. The summed E-state index contributed by atoms with van der Waals surface area (Å²) >= 11 is 0. The molecule has 3 atom stereocenters. The van der Waals surface area contributed by atoms with E-state index in [9.17, 15) is 0 Å². The molecular formula is C28H28N6. The first kappa shape index (κ1) is 19.9. The fourth-order valence-corrected chi connectivity index (χ4v) is 5.87. The number of para-hydroxylation sites is 1. The average Bonchev–Trinajstić information content (AvgIpc) is 3.23. The summed E-state index contributed by atoms with van der Waals surface area (Å²) in [4.78, 5) is 19.2. The molecule has 0 saturated heterocycles. The highest BCUT2D eigenvalue weighted by atomic mass is 15.1. The molecule has 3 aliphatic carbocycles. The molecule has 1 aromatic carbocycles. The van der Waals surface area contributed by atoms with Crippen molar-refractivity contribution in [3.05, 3.63) is 66.6 Å². The molecule has 0 aliphatic heterocycles. The Balaban J connectivity index is 1.29. The van der Waals surface area contributed by atoms with Crippen molar-refractivity contribution in [3.63, 3.8) is 0 Å². The monoisotopic (exact) mass is 448 g/mol. The second-order valence-electron chi connectivity index (χ2n) is 10.00. The van der Waals surface area contributed by atoms with Crippen LogP contribution in [0.1, 0.15) is 50.0 Å². The van der Waals surface area contributed by atoms with Crippen LogP contribution < -0.4 is 10.6 Å². The summed E-state index contributed by atoms with van der Waals surface area (Å²) in [6.45, 7) is 0. The van der Waals surface area contributed by atoms with Crippen LogP contribution in [-0.2, 0) is 0 Å². The second-order valence-corrected chi connectivity index (χ2v) is 10.00. The van der Waals surface area contributed by atoms with Crippen molar-refractivity contribution in [3.8, 4) is 11.4 Å². The van der Waals surface area contributed by atoms with E-state index in [0.717, 1.165) is 40.2 Å². The van der Waals surface area contributed by atoms with Crippen molar-refractivity contribution >= 4 is 28.2 Å². The lowest BCUT2D eigenvalue weighted by Gasteiger charge is -2.27. The molecule has 2 unspecified atom stereocenters. The van der Waals surface area contributed by atoms with Crippen LogP contribution in [0.3, 0.4) is 0 Å². The molecule has 2 N–H and O–H groups in total. The Hall–Kier alpha value is -3.54. The third-order valence-electron chi connectivity index (χ3n) is 7.96. The van der Waals surface area contributed by atoms with E-state index in [1.807, 2.05) is 61.1 Å². The van der Waals surface area contributed by atoms with Gasteiger partial charge in [0.1, 0.15) is 11.6 Å². The number of benzene rings is 1. The third-order valence-corrected chi connectivity index (χ3v) is 7.96. The number of nitrogens with zero attached hydrogens (tertiary/aromatic N) is 4. The summed E-state index contributed by atoms with van der Waals surface area (Å²) in [7, 11) is 0. The number of hydrogen-bond donors (Lipinski definition) is 2. The summed E-state index contributed by atoms with van der Waals surface area (Å²) in [6.07, 6.45) is 13.6. The molecule has 3 saturated carbocycles. The highest BCUT2D eigenvalue weighted by Crippen LogP contribution is 2.53. The van der Waals surface area contributed by atoms with Gasteiger partial charge in [0.2, 0.25) is 0 Å². The zero-order valence-corrected chi connectivity index (χ0v) is 19.1. The van der Waals surface area contributed by atoms with Gasteiger partial charge in [-0.1, -0.05) is 31.0 Å². The van der Waals surface area contributed by atoms with E-state index >= 15 is 0 Å². The molecule has 0 bridgehead atoms. The normalized spacial score (nSPS) is 23.4. The Morgan fingerprint density at radius 2 is 1.68 bits per heavy atom. The van der Waals surface area contributed by atoms with Gasteiger partial charge in [0.15, 0.2) is 5.82 Å². The van der Waals surface area contributed by atoms with E-state index in [1.165, 1.54) is 49.5 Å². The highest BCUT2D eigenvalue weighted by molar-refractivity contribution is 5.93. The quantitative estimate of drug-likeness (QED) is 0.360. The summed E-state index contributed by atoms with van der Waals surface area (Å²) in [5.41, 5.74) is 4.19. The first-order valence-corrected chi connectivity index (χ1v) is 12.5. The lowest BCUT2D eigenvalue weighted by Crippen LogP contribution is -2.14. The van der Waals surface area contributed by atoms with Gasteiger partial charge in [-0.25, -0.2) is 15.0 Å². The molecule has 0 radical (unpaired) electrons. The van der Waals surface area contributed by atoms with Gasteiger partial charge >= 0.3 is 0 Å². The van der Waals surface area contributed by atoms with Crippen LogP contribution in [0.5, 0.6) is 0 Å². The fraction of sp³-hybridized carbons (Fsp3) is 0.357. The van der Waals surface area contributed by atoms with Crippen LogP contribution in [0, 0.1) is 11.8 Å². The SMILES string of the molecule is c1ccc(Nc2cc(-c3nc(NC4C5CCC[C@H]54)c4c(C5CCC5)cncc4n3)ccn2)cc1. The molecule has 0 spiro atoms. The maximum absolute atomic E-state index is 5.12. The van der Waals surface area contributed by atoms with Crippen LogP contribution in [0.15, 0.2) is 61.1 Å². The molecule has 34 heavy (non-hydrogen) atoms. The van der Waals surface area contributed by atoms with Crippen LogP contribution in [0.25, 0.3) is 22.3 Å². The van der Waals surface area contributed by atoms with Crippen molar-refractivity contribution in [2.75, 3.05) is 10.6 Å². The number of nitrogens with one attached hydrogen (secondary N) is 2. The largest absolute Gasteiger partial charge is 0.366 e. The summed E-state index contributed by atoms with van der Waals surface area (Å²) in [6, 6.07) is 14.6. The second kappa shape index (κ2) is 8.05. The van der Waals surface area contributed by atoms with E-state index in [2.05, 4.69) is 20.6 Å². The Bertz CT molecular complexity index is 1340. The fourth-order valence-electron chi connectivity index (χ4n) is 5.87. The molecule has 0 amide bonds. The van der Waals surface area contributed by atoms with Crippen LogP contribution in [0.2, 0.25) is 0 Å². The minimum Gasteiger partial charge on any atom is -0.366 e. The van der Waals surface area contributed by atoms with Gasteiger partial charge in [0.25, 0.3) is 0 Å². The van der Waals surface area contributed by atoms with E-state index in [4.69, 9.17) is 9.97 Å². The first-order chi connectivity index (χ1) is 16.8. The summed E-state index contributed by atoms with van der Waals surface area (Å²) < 4.78 is 0. The van der Waals surface area contributed by atoms with E-state index in [1.54, 1.807) is 0 Å². The maximum Gasteiger partial charge on any atom is 0.162 e. The van der Waals surface area contributed by atoms with Crippen LogP contribution >= 0.6 is 0 Å². The van der Waals surface area contributed by atoms with Gasteiger partial charge < -0.3 is 10.6 Å². The summed E-state index contributed by atoms with van der Waals surface area (Å²) in [5.74, 6) is 4.67. The Morgan fingerprint density at radius 1 is 0.853 bits per heavy atom. The van der Waals surface area contributed by atoms with Gasteiger partial charge in [-0.3, -0.25) is 4.98 Å². The zero-order chi connectivity index (χ0) is 22.5. The van der Waals surface area contributed by atoms with Gasteiger partial charge in [0, 0.05) is 35.1 Å². The van der Waals surface area contributed by atoms with Crippen molar-refractivity contribution in [1.82, 2.24) is 19.9 Å². The Morgan fingerprint density at radius 3 is 2.47 bits per heavy atom. The van der Waals surface area contributed by atoms with E-state index < -0.39 is 0 Å². The molecule has 7 rings (SSSR count). The number of anilines is 3. The average molecular weight is 449 g/mol. The van der Waals surface area contributed by atoms with Crippen molar-refractivity contribution in [2.24, 2.45) is 11.8 Å². The first-order valence-electron chi connectivity index (χ1n) is 12.5. The van der Waals surface area contributed by atoms with Gasteiger partial charge in [-0.2, -0.15) is 0 Å². The number of pyridine rings is 2. The van der Waals surface area contributed by atoms with Gasteiger partial charge in [0.05, 0.1) is 11.7 Å². The standard InChI is InChI=1S/C28H28N6/c1-2-8-19(9-3-1)31-24-14-18(12-13-30-24)27-32-23-16-29-15-22(17-6-4-7-17)25(23)28(34-27)33-26-20-10-5-11-21(20)26/h1-3,8-9,12-17,20-21,26H,4-7,10-11H2,(H,30,31)(H,32,33,34)/t20-,21?,26?/m1/s1. The molecule has 6 nitrogen and oxygen atoms in total. The predicted molar refractivity (Wildman–Crippen MR) is 135 cm³/mol. The lowest BCUT2D eigenvalue weighted by molar-refractivity contribution is 0.421. The smallest absolute Gasteiger partial charge is 0.162 e. The Kier molecular flexibility index (Phi) is 4.71. The molecule has 3 aliphatic rings. The maximum atomic E-state index is 5.12. The van der Waals surface area contributed by atoms with Crippen molar-refractivity contribution in [1.29, 1.82) is 0 Å². The minimum absolute atomic E-state index is 0.551. The Labute approximate surface area is 199 Å². The van der Waals surface area contributed by atoms with Gasteiger partial charge in [-0.05, 0) is 73.3 Å². The predicted octanol–water partition coefficient (Wildman–Crippen LogP) is 6.31. The van der Waals surface area contributed by atoms with Gasteiger partial charge in [-0.15, -0.1) is 0 Å². The lowest BCUT2D eigenvalue weighted by atomic mass is 9.79. The topological polar surface area (TPSA) is 75.6 Å². The highest BCUT2D eigenvalue weighted by Gasteiger charge is 2.52. The number of fused-ring (bicyclic) bond motifs is 2. The molecule has 3 heterocycles. The molecule has 3 aromatic heterocycles. The molecule has 6 heteroatoms. The number of rotatable bonds is 6. The molecule has 3 fully saturated rings. The minimum atomic E-state index is 0.551. The van der Waals surface area contributed by atoms with E-state index in [0.29, 0.717) is 17.8 Å². The zero-order valence-electron chi connectivity index (χ0n) is 19.1. The van der Waals surface area contributed by atoms with Crippen LogP contribution in [0.4, 0.5) is 17.3 Å². The number of aromatic nitrogens is 4. The van der Waals surface area contributed by atoms with Crippen LogP contribution in [-0.4, -0.2) is 26.0 Å². The number of hydrogen-bond acceptors (Lipinski definition) is 6. The molecular weight excluding hydrogens is 420 g/mol.